The second-order valence-corrected chi connectivity index (χ2v) is 4.04. The molecule has 0 saturated heterocycles. The summed E-state index contributed by atoms with van der Waals surface area (Å²) < 4.78 is 0. The lowest BCUT2D eigenvalue weighted by Crippen LogP contribution is -2.17. The smallest absolute Gasteiger partial charge is 0.182 e. The zero-order chi connectivity index (χ0) is 9.14. The first kappa shape index (κ1) is 9.48. The Hall–Kier alpha value is -0.610. The number of aryl methyl sites for hydroxylation is 1. The molecule has 68 valence electrons. The highest BCUT2D eigenvalue weighted by Gasteiger charge is 2.07. The summed E-state index contributed by atoms with van der Waals surface area (Å²) in [5.74, 6) is 0. The minimum Gasteiger partial charge on any atom is -0.365 e. The van der Waals surface area contributed by atoms with Gasteiger partial charge < -0.3 is 11.1 Å². The Balaban J connectivity index is 2.77. The van der Waals surface area contributed by atoms with Crippen molar-refractivity contribution in [3.05, 3.63) is 10.6 Å². The molecule has 1 atom stereocenters. The van der Waals surface area contributed by atoms with Crippen molar-refractivity contribution < 1.29 is 0 Å². The lowest BCUT2D eigenvalue weighted by atomic mass is 10.2. The Morgan fingerprint density at radius 2 is 2.33 bits per heavy atom. The minimum atomic E-state index is 0.217. The second kappa shape index (κ2) is 3.87. The topological polar surface area (TPSA) is 50.9 Å². The van der Waals surface area contributed by atoms with E-state index in [2.05, 4.69) is 10.3 Å². The molecule has 1 aromatic rings. The number of anilines is 1. The number of nitrogens with two attached hydrogens (primary N) is 1. The van der Waals surface area contributed by atoms with Crippen molar-refractivity contribution in [1.82, 2.24) is 4.98 Å². The van der Waals surface area contributed by atoms with Gasteiger partial charge in [0, 0.05) is 18.0 Å². The fourth-order valence-corrected chi connectivity index (χ4v) is 2.07. The summed E-state index contributed by atoms with van der Waals surface area (Å²) in [6.45, 7) is 4.03. The van der Waals surface area contributed by atoms with Crippen LogP contribution in [-0.4, -0.2) is 18.1 Å². The van der Waals surface area contributed by atoms with Crippen LogP contribution < -0.4 is 11.1 Å². The Morgan fingerprint density at radius 3 is 2.75 bits per heavy atom. The number of thiazole rings is 1. The van der Waals surface area contributed by atoms with Gasteiger partial charge in [-0.05, 0) is 20.3 Å². The van der Waals surface area contributed by atoms with E-state index in [1.807, 2.05) is 20.9 Å². The van der Waals surface area contributed by atoms with E-state index < -0.39 is 0 Å². The molecule has 0 amide bonds. The lowest BCUT2D eigenvalue weighted by molar-refractivity contribution is 0.742. The zero-order valence-electron chi connectivity index (χ0n) is 7.72. The van der Waals surface area contributed by atoms with Gasteiger partial charge in [-0.2, -0.15) is 0 Å². The van der Waals surface area contributed by atoms with Gasteiger partial charge in [-0.25, -0.2) is 4.98 Å². The molecule has 3 N–H and O–H groups in total. The summed E-state index contributed by atoms with van der Waals surface area (Å²) >= 11 is 1.69. The van der Waals surface area contributed by atoms with Gasteiger partial charge in [0.25, 0.3) is 0 Å². The van der Waals surface area contributed by atoms with Gasteiger partial charge in [0.05, 0.1) is 5.69 Å². The summed E-state index contributed by atoms with van der Waals surface area (Å²) in [4.78, 5) is 5.62. The fourth-order valence-electron chi connectivity index (χ4n) is 1.02. The van der Waals surface area contributed by atoms with Crippen LogP contribution in [0.5, 0.6) is 0 Å². The number of nitrogens with zero attached hydrogens (tertiary/aromatic N) is 1. The molecule has 3 nitrogen and oxygen atoms in total. The lowest BCUT2D eigenvalue weighted by Gasteiger charge is -2.01. The van der Waals surface area contributed by atoms with Gasteiger partial charge >= 0.3 is 0 Å². The molecule has 0 radical (unpaired) electrons. The van der Waals surface area contributed by atoms with Gasteiger partial charge in [0.1, 0.15) is 0 Å². The molecule has 0 fully saturated rings. The average Bonchev–Trinajstić information content (AvgIpc) is 2.31. The summed E-state index contributed by atoms with van der Waals surface area (Å²) in [6, 6.07) is 0.217. The maximum absolute atomic E-state index is 5.70. The maximum atomic E-state index is 5.70. The van der Waals surface area contributed by atoms with Crippen LogP contribution in [0.15, 0.2) is 0 Å². The quantitative estimate of drug-likeness (QED) is 0.748. The molecule has 0 saturated carbocycles. The molecule has 0 spiro atoms. The van der Waals surface area contributed by atoms with Crippen molar-refractivity contribution in [2.45, 2.75) is 26.3 Å². The molecule has 0 aliphatic rings. The number of hydrogen-bond acceptors (Lipinski definition) is 4. The molecule has 1 unspecified atom stereocenters. The number of aromatic nitrogens is 1. The Kier molecular flexibility index (Phi) is 3.05. The number of nitrogens with one attached hydrogen (secondary N) is 1. The van der Waals surface area contributed by atoms with Gasteiger partial charge in [0.2, 0.25) is 0 Å². The first-order chi connectivity index (χ1) is 5.63. The molecule has 4 heteroatoms. The van der Waals surface area contributed by atoms with E-state index in [0.29, 0.717) is 0 Å². The van der Waals surface area contributed by atoms with Gasteiger partial charge in [-0.15, -0.1) is 11.3 Å². The van der Waals surface area contributed by atoms with Crippen LogP contribution in [0.1, 0.15) is 17.5 Å². The third-order valence-corrected chi connectivity index (χ3v) is 2.81. The van der Waals surface area contributed by atoms with Crippen LogP contribution in [-0.2, 0) is 6.42 Å². The standard InChI is InChI=1S/C8H15N3S/c1-5(9)4-7-6(2)11-8(10-3)12-7/h5H,4,9H2,1-3H3,(H,10,11). The fraction of sp³-hybridized carbons (Fsp3) is 0.625. The Morgan fingerprint density at radius 1 is 1.67 bits per heavy atom. The van der Waals surface area contributed by atoms with Crippen molar-refractivity contribution in [3.63, 3.8) is 0 Å². The van der Waals surface area contributed by atoms with Crippen molar-refractivity contribution in [2.75, 3.05) is 12.4 Å². The molecule has 1 aromatic heterocycles. The van der Waals surface area contributed by atoms with Gasteiger partial charge in [-0.3, -0.25) is 0 Å². The average molecular weight is 185 g/mol. The van der Waals surface area contributed by atoms with Crippen LogP contribution >= 0.6 is 11.3 Å². The summed E-state index contributed by atoms with van der Waals surface area (Å²) in [5.41, 5.74) is 6.80. The first-order valence-electron chi connectivity index (χ1n) is 4.03. The molecule has 1 rings (SSSR count). The zero-order valence-corrected chi connectivity index (χ0v) is 8.53. The first-order valence-corrected chi connectivity index (χ1v) is 4.84. The Bertz CT molecular complexity index is 255. The molecule has 0 bridgehead atoms. The van der Waals surface area contributed by atoms with E-state index in [9.17, 15) is 0 Å². The van der Waals surface area contributed by atoms with Crippen LogP contribution in [0, 0.1) is 6.92 Å². The van der Waals surface area contributed by atoms with Crippen LogP contribution in [0.3, 0.4) is 0 Å². The molecule has 1 heterocycles. The molecule has 0 aliphatic carbocycles. The van der Waals surface area contributed by atoms with Crippen LogP contribution in [0.25, 0.3) is 0 Å². The Labute approximate surface area is 77.0 Å². The van der Waals surface area contributed by atoms with Crippen molar-refractivity contribution >= 4 is 16.5 Å². The number of rotatable bonds is 3. The molecule has 0 aliphatic heterocycles. The normalized spacial score (nSPS) is 13.0. The van der Waals surface area contributed by atoms with E-state index in [0.717, 1.165) is 17.2 Å². The van der Waals surface area contributed by atoms with E-state index in [-0.39, 0.29) is 6.04 Å². The summed E-state index contributed by atoms with van der Waals surface area (Å²) in [5, 5.41) is 4.00. The van der Waals surface area contributed by atoms with Crippen molar-refractivity contribution in [1.29, 1.82) is 0 Å². The van der Waals surface area contributed by atoms with Gasteiger partial charge in [0.15, 0.2) is 5.13 Å². The minimum absolute atomic E-state index is 0.217. The SMILES string of the molecule is CNc1nc(C)c(CC(C)N)s1. The molecular weight excluding hydrogens is 170 g/mol. The third-order valence-electron chi connectivity index (χ3n) is 1.61. The van der Waals surface area contributed by atoms with Gasteiger partial charge in [-0.1, -0.05) is 0 Å². The second-order valence-electron chi connectivity index (χ2n) is 2.96. The molecule has 12 heavy (non-hydrogen) atoms. The van der Waals surface area contributed by atoms with E-state index in [4.69, 9.17) is 5.73 Å². The van der Waals surface area contributed by atoms with Crippen LogP contribution in [0.4, 0.5) is 5.13 Å². The largest absolute Gasteiger partial charge is 0.365 e. The highest BCUT2D eigenvalue weighted by atomic mass is 32.1. The third kappa shape index (κ3) is 2.19. The predicted molar refractivity (Wildman–Crippen MR) is 53.8 cm³/mol. The van der Waals surface area contributed by atoms with Crippen molar-refractivity contribution in [2.24, 2.45) is 5.73 Å². The highest BCUT2D eigenvalue weighted by molar-refractivity contribution is 7.15. The monoisotopic (exact) mass is 185 g/mol. The van der Waals surface area contributed by atoms with E-state index in [1.54, 1.807) is 11.3 Å². The molecule has 0 aromatic carbocycles. The highest BCUT2D eigenvalue weighted by Crippen LogP contribution is 2.22. The van der Waals surface area contributed by atoms with Crippen LogP contribution in [0.2, 0.25) is 0 Å². The summed E-state index contributed by atoms with van der Waals surface area (Å²) in [7, 11) is 1.88. The maximum Gasteiger partial charge on any atom is 0.182 e. The number of hydrogen-bond donors (Lipinski definition) is 2. The van der Waals surface area contributed by atoms with E-state index in [1.165, 1.54) is 4.88 Å². The van der Waals surface area contributed by atoms with Crippen molar-refractivity contribution in [3.8, 4) is 0 Å². The summed E-state index contributed by atoms with van der Waals surface area (Å²) in [6.07, 6.45) is 0.922. The molecular formula is C8H15N3S. The predicted octanol–water partition coefficient (Wildman–Crippen LogP) is 1.38. The van der Waals surface area contributed by atoms with E-state index >= 15 is 0 Å².